The number of nitro groups is 1. The summed E-state index contributed by atoms with van der Waals surface area (Å²) in [5, 5.41) is 10.6. The minimum absolute atomic E-state index is 0.0308. The normalized spacial score (nSPS) is 11.7. The van der Waals surface area contributed by atoms with Crippen molar-refractivity contribution in [1.29, 1.82) is 0 Å². The van der Waals surface area contributed by atoms with Crippen LogP contribution >= 0.6 is 23.6 Å². The second-order valence-corrected chi connectivity index (χ2v) is 3.92. The number of hydrogen-bond acceptors (Lipinski definition) is 4. The second kappa shape index (κ2) is 3.84. The van der Waals surface area contributed by atoms with Gasteiger partial charge in [0, 0.05) is 7.05 Å². The van der Waals surface area contributed by atoms with Crippen molar-refractivity contribution in [2.75, 3.05) is 0 Å². The Kier molecular flexibility index (Phi) is 2.96. The summed E-state index contributed by atoms with van der Waals surface area (Å²) < 4.78 is 1.59. The molecule has 0 aliphatic heterocycles. The van der Waals surface area contributed by atoms with E-state index in [1.807, 2.05) is 0 Å². The molecule has 76 valence electrons. The van der Waals surface area contributed by atoms with Gasteiger partial charge in [0.05, 0.1) is 4.92 Å². The molecule has 0 aliphatic rings. The third kappa shape index (κ3) is 1.96. The summed E-state index contributed by atoms with van der Waals surface area (Å²) in [7, 11) is 1.68. The zero-order valence-corrected chi connectivity index (χ0v) is 9.18. The van der Waals surface area contributed by atoms with Crippen molar-refractivity contribution in [2.24, 2.45) is 17.8 Å². The van der Waals surface area contributed by atoms with E-state index < -0.39 is 4.92 Å². The number of thiazole rings is 1. The highest BCUT2D eigenvalue weighted by atomic mass is 32.1. The molecule has 1 heterocycles. The molecule has 6 nitrogen and oxygen atoms in total. The maximum Gasteiger partial charge on any atom is 0.346 e. The Morgan fingerprint density at radius 2 is 2.36 bits per heavy atom. The highest BCUT2D eigenvalue weighted by Gasteiger charge is 2.16. The van der Waals surface area contributed by atoms with Gasteiger partial charge in [0.25, 0.3) is 0 Å². The second-order valence-electron chi connectivity index (χ2n) is 2.54. The van der Waals surface area contributed by atoms with Crippen LogP contribution in [0.5, 0.6) is 0 Å². The van der Waals surface area contributed by atoms with Gasteiger partial charge in [0.1, 0.15) is 5.69 Å². The molecule has 0 aromatic carbocycles. The first-order chi connectivity index (χ1) is 6.43. The summed E-state index contributed by atoms with van der Waals surface area (Å²) in [5.74, 6) is 0. The van der Waals surface area contributed by atoms with Gasteiger partial charge in [0.15, 0.2) is 9.91 Å². The van der Waals surface area contributed by atoms with Gasteiger partial charge in [-0.2, -0.15) is 4.99 Å². The Morgan fingerprint density at radius 3 is 2.71 bits per heavy atom. The van der Waals surface area contributed by atoms with E-state index in [-0.39, 0.29) is 10.1 Å². The molecule has 0 saturated carbocycles. The summed E-state index contributed by atoms with van der Waals surface area (Å²) in [6.45, 7) is 1.65. The van der Waals surface area contributed by atoms with Gasteiger partial charge in [-0.15, -0.1) is 0 Å². The van der Waals surface area contributed by atoms with Crippen LogP contribution in [0.15, 0.2) is 4.99 Å². The molecule has 0 radical (unpaired) electrons. The average molecular weight is 232 g/mol. The molecule has 0 saturated heterocycles. The zero-order valence-electron chi connectivity index (χ0n) is 7.55. The van der Waals surface area contributed by atoms with E-state index in [0.717, 1.165) is 11.3 Å². The molecule has 0 spiro atoms. The Labute approximate surface area is 88.8 Å². The maximum atomic E-state index is 10.6. The smallest absolute Gasteiger partial charge is 0.346 e. The van der Waals surface area contributed by atoms with Gasteiger partial charge >= 0.3 is 5.00 Å². The molecule has 1 aromatic rings. The van der Waals surface area contributed by atoms with Crippen LogP contribution in [0.25, 0.3) is 0 Å². The SMILES string of the molecule is Cc1c([N+](=O)[O-])s/c(=N\C(N)=S)n1C. The quantitative estimate of drug-likeness (QED) is 0.432. The van der Waals surface area contributed by atoms with Crippen molar-refractivity contribution in [1.82, 2.24) is 4.57 Å². The van der Waals surface area contributed by atoms with E-state index in [2.05, 4.69) is 17.2 Å². The van der Waals surface area contributed by atoms with Gasteiger partial charge in [-0.3, -0.25) is 10.1 Å². The first-order valence-corrected chi connectivity index (χ1v) is 4.81. The van der Waals surface area contributed by atoms with Crippen LogP contribution in [0, 0.1) is 17.0 Å². The largest absolute Gasteiger partial charge is 0.374 e. The predicted molar refractivity (Wildman–Crippen MR) is 57.0 cm³/mol. The third-order valence-corrected chi connectivity index (χ3v) is 2.94. The highest BCUT2D eigenvalue weighted by molar-refractivity contribution is 7.80. The fourth-order valence-corrected chi connectivity index (χ4v) is 1.97. The summed E-state index contributed by atoms with van der Waals surface area (Å²) in [4.78, 5) is 14.4. The van der Waals surface area contributed by atoms with Gasteiger partial charge in [-0.05, 0) is 30.5 Å². The lowest BCUT2D eigenvalue weighted by Crippen LogP contribution is -2.17. The molecular formula is C6H8N4O2S2. The Hall–Kier alpha value is -1.28. The molecular weight excluding hydrogens is 224 g/mol. The van der Waals surface area contributed by atoms with Gasteiger partial charge in [0.2, 0.25) is 0 Å². The topological polar surface area (TPSA) is 86.4 Å². The molecule has 0 unspecified atom stereocenters. The molecule has 0 atom stereocenters. The third-order valence-electron chi connectivity index (χ3n) is 1.66. The Bertz CT molecular complexity index is 459. The lowest BCUT2D eigenvalue weighted by Gasteiger charge is -1.92. The molecule has 8 heteroatoms. The number of aromatic nitrogens is 1. The Balaban J connectivity index is 3.43. The van der Waals surface area contributed by atoms with Crippen LogP contribution in [0.2, 0.25) is 0 Å². The van der Waals surface area contributed by atoms with E-state index >= 15 is 0 Å². The first kappa shape index (κ1) is 10.8. The van der Waals surface area contributed by atoms with Crippen molar-refractivity contribution < 1.29 is 4.92 Å². The number of hydrogen-bond donors (Lipinski definition) is 1. The molecule has 1 aromatic heterocycles. The molecule has 0 bridgehead atoms. The number of nitrogens with two attached hydrogens (primary N) is 1. The van der Waals surface area contributed by atoms with E-state index in [1.54, 1.807) is 18.5 Å². The Morgan fingerprint density at radius 1 is 1.79 bits per heavy atom. The molecule has 14 heavy (non-hydrogen) atoms. The lowest BCUT2D eigenvalue weighted by atomic mass is 10.5. The summed E-state index contributed by atoms with van der Waals surface area (Å²) in [5.41, 5.74) is 5.75. The molecule has 0 aliphatic carbocycles. The van der Waals surface area contributed by atoms with Crippen molar-refractivity contribution in [2.45, 2.75) is 6.92 Å². The van der Waals surface area contributed by atoms with E-state index in [4.69, 9.17) is 5.73 Å². The fraction of sp³-hybridized carbons (Fsp3) is 0.333. The molecule has 2 N–H and O–H groups in total. The zero-order chi connectivity index (χ0) is 10.9. The van der Waals surface area contributed by atoms with Crippen LogP contribution in [0.4, 0.5) is 5.00 Å². The molecule has 0 fully saturated rings. The van der Waals surface area contributed by atoms with Gasteiger partial charge < -0.3 is 10.3 Å². The number of nitrogens with zero attached hydrogens (tertiary/aromatic N) is 3. The van der Waals surface area contributed by atoms with Crippen LogP contribution in [0.1, 0.15) is 5.69 Å². The minimum Gasteiger partial charge on any atom is -0.374 e. The molecule has 0 amide bonds. The monoisotopic (exact) mass is 232 g/mol. The average Bonchev–Trinajstić information content (AvgIpc) is 2.32. The van der Waals surface area contributed by atoms with Crippen LogP contribution in [-0.2, 0) is 7.05 Å². The van der Waals surface area contributed by atoms with Gasteiger partial charge in [-0.25, -0.2) is 0 Å². The van der Waals surface area contributed by atoms with Crippen LogP contribution < -0.4 is 10.5 Å². The first-order valence-electron chi connectivity index (χ1n) is 3.58. The maximum absolute atomic E-state index is 10.6. The predicted octanol–water partition coefficient (Wildman–Crippen LogP) is 0.448. The molecule has 1 rings (SSSR count). The summed E-state index contributed by atoms with van der Waals surface area (Å²) in [6, 6.07) is 0. The summed E-state index contributed by atoms with van der Waals surface area (Å²) in [6.07, 6.45) is 0. The van der Waals surface area contributed by atoms with Gasteiger partial charge in [-0.1, -0.05) is 0 Å². The van der Waals surface area contributed by atoms with Crippen molar-refractivity contribution >= 4 is 33.7 Å². The lowest BCUT2D eigenvalue weighted by molar-refractivity contribution is -0.381. The fourth-order valence-electron chi connectivity index (χ4n) is 0.877. The van der Waals surface area contributed by atoms with E-state index in [9.17, 15) is 10.1 Å². The van der Waals surface area contributed by atoms with Crippen molar-refractivity contribution in [3.63, 3.8) is 0 Å². The van der Waals surface area contributed by atoms with E-state index in [1.165, 1.54) is 0 Å². The summed E-state index contributed by atoms with van der Waals surface area (Å²) >= 11 is 5.54. The standard InChI is InChI=1S/C6H8N4O2S2/c1-3-4(10(11)12)14-6(9(3)2)8-5(7)13/h1-2H3,(H2,7,13)/b8-6-. The number of rotatable bonds is 1. The van der Waals surface area contributed by atoms with Crippen LogP contribution in [0.3, 0.4) is 0 Å². The van der Waals surface area contributed by atoms with Crippen molar-refractivity contribution in [3.05, 3.63) is 20.6 Å². The minimum atomic E-state index is -0.446. The van der Waals surface area contributed by atoms with Crippen molar-refractivity contribution in [3.8, 4) is 0 Å². The van der Waals surface area contributed by atoms with E-state index in [0.29, 0.717) is 10.5 Å². The van der Waals surface area contributed by atoms with Crippen LogP contribution in [-0.4, -0.2) is 14.6 Å². The highest BCUT2D eigenvalue weighted by Crippen LogP contribution is 2.19. The number of thiocarbonyl (C=S) groups is 1.